The SMILES string of the molecule is COc1c(S(=O)(=O)N[C@H]2CCCNC2=O)ccc(Cl)c1Cl. The smallest absolute Gasteiger partial charge is 0.245 e. The normalized spacial score (nSPS) is 19.2. The Kier molecular flexibility index (Phi) is 4.98. The van der Waals surface area contributed by atoms with Crippen molar-refractivity contribution in [1.82, 2.24) is 10.0 Å². The Morgan fingerprint density at radius 3 is 2.71 bits per heavy atom. The molecule has 21 heavy (non-hydrogen) atoms. The fourth-order valence-corrected chi connectivity index (χ4v) is 3.90. The minimum Gasteiger partial charge on any atom is -0.494 e. The van der Waals surface area contributed by atoms with Crippen LogP contribution in [0.15, 0.2) is 17.0 Å². The number of benzene rings is 1. The molecule has 6 nitrogen and oxygen atoms in total. The molecule has 1 aromatic carbocycles. The van der Waals surface area contributed by atoms with Crippen molar-refractivity contribution in [3.05, 3.63) is 22.2 Å². The minimum absolute atomic E-state index is 0.00939. The van der Waals surface area contributed by atoms with Crippen molar-refractivity contribution >= 4 is 39.1 Å². The molecule has 0 unspecified atom stereocenters. The van der Waals surface area contributed by atoms with Crippen molar-refractivity contribution in [3.63, 3.8) is 0 Å². The van der Waals surface area contributed by atoms with Gasteiger partial charge in [0.05, 0.1) is 12.1 Å². The van der Waals surface area contributed by atoms with Crippen LogP contribution in [-0.2, 0) is 14.8 Å². The van der Waals surface area contributed by atoms with Crippen LogP contribution in [0.5, 0.6) is 5.75 Å². The number of piperidine rings is 1. The van der Waals surface area contributed by atoms with Crippen LogP contribution in [0.4, 0.5) is 0 Å². The van der Waals surface area contributed by atoms with Crippen molar-refractivity contribution in [2.24, 2.45) is 0 Å². The molecule has 1 amide bonds. The summed E-state index contributed by atoms with van der Waals surface area (Å²) in [6.07, 6.45) is 1.14. The number of amides is 1. The Hall–Kier alpha value is -1.02. The van der Waals surface area contributed by atoms with Gasteiger partial charge in [0.2, 0.25) is 15.9 Å². The summed E-state index contributed by atoms with van der Waals surface area (Å²) in [6, 6.07) is 1.85. The van der Waals surface area contributed by atoms with Crippen LogP contribution in [0.2, 0.25) is 10.0 Å². The van der Waals surface area contributed by atoms with Crippen molar-refractivity contribution in [2.45, 2.75) is 23.8 Å². The summed E-state index contributed by atoms with van der Waals surface area (Å²) in [7, 11) is -2.66. The van der Waals surface area contributed by atoms with Gasteiger partial charge in [0, 0.05) is 6.54 Å². The van der Waals surface area contributed by atoms with Gasteiger partial charge in [-0.15, -0.1) is 0 Å². The Balaban J connectivity index is 2.36. The highest BCUT2D eigenvalue weighted by atomic mass is 35.5. The zero-order chi connectivity index (χ0) is 15.6. The van der Waals surface area contributed by atoms with E-state index in [1.165, 1.54) is 19.2 Å². The maximum Gasteiger partial charge on any atom is 0.245 e. The quantitative estimate of drug-likeness (QED) is 0.860. The van der Waals surface area contributed by atoms with Gasteiger partial charge in [0.1, 0.15) is 16.0 Å². The van der Waals surface area contributed by atoms with Gasteiger partial charge in [0.15, 0.2) is 5.75 Å². The van der Waals surface area contributed by atoms with Crippen molar-refractivity contribution in [1.29, 1.82) is 0 Å². The molecule has 0 aliphatic carbocycles. The lowest BCUT2D eigenvalue weighted by Gasteiger charge is -2.23. The molecule has 0 radical (unpaired) electrons. The highest BCUT2D eigenvalue weighted by Gasteiger charge is 2.30. The van der Waals surface area contributed by atoms with Gasteiger partial charge < -0.3 is 10.1 Å². The standard InChI is InChI=1S/C12H14Cl2N2O4S/c1-20-11-9(5-4-7(13)10(11)14)21(18,19)16-8-3-2-6-15-12(8)17/h4-5,8,16H,2-3,6H2,1H3,(H,15,17)/t8-/m0/s1. The minimum atomic E-state index is -3.95. The van der Waals surface area contributed by atoms with Crippen molar-refractivity contribution < 1.29 is 17.9 Å². The molecule has 1 heterocycles. The van der Waals surface area contributed by atoms with Crippen molar-refractivity contribution in [3.8, 4) is 5.75 Å². The van der Waals surface area contributed by atoms with Gasteiger partial charge >= 0.3 is 0 Å². The van der Waals surface area contributed by atoms with E-state index >= 15 is 0 Å². The van der Waals surface area contributed by atoms with E-state index in [9.17, 15) is 13.2 Å². The zero-order valence-electron chi connectivity index (χ0n) is 11.2. The summed E-state index contributed by atoms with van der Waals surface area (Å²) >= 11 is 11.8. The molecule has 1 aromatic rings. The molecule has 2 N–H and O–H groups in total. The lowest BCUT2D eigenvalue weighted by molar-refractivity contribution is -0.124. The molecule has 0 spiro atoms. The van der Waals surface area contributed by atoms with Crippen LogP contribution in [0.3, 0.4) is 0 Å². The van der Waals surface area contributed by atoms with Gasteiger partial charge in [-0.3, -0.25) is 4.79 Å². The van der Waals surface area contributed by atoms with Crippen LogP contribution >= 0.6 is 23.2 Å². The summed E-state index contributed by atoms with van der Waals surface area (Å²) < 4.78 is 32.2. The van der Waals surface area contributed by atoms with E-state index in [-0.39, 0.29) is 26.6 Å². The predicted octanol–water partition coefficient (Wildman–Crippen LogP) is 1.56. The topological polar surface area (TPSA) is 84.5 Å². The van der Waals surface area contributed by atoms with Gasteiger partial charge in [-0.05, 0) is 25.0 Å². The molecule has 0 bridgehead atoms. The summed E-state index contributed by atoms with van der Waals surface area (Å²) in [5.41, 5.74) is 0. The van der Waals surface area contributed by atoms with E-state index in [2.05, 4.69) is 10.0 Å². The Labute approximate surface area is 132 Å². The number of halogens is 2. The number of sulfonamides is 1. The fraction of sp³-hybridized carbons (Fsp3) is 0.417. The van der Waals surface area contributed by atoms with Crippen LogP contribution < -0.4 is 14.8 Å². The van der Waals surface area contributed by atoms with Gasteiger partial charge in [-0.1, -0.05) is 23.2 Å². The van der Waals surface area contributed by atoms with Crippen LogP contribution in [0.25, 0.3) is 0 Å². The molecule has 1 atom stereocenters. The molecule has 1 fully saturated rings. The molecule has 0 saturated carbocycles. The second kappa shape index (κ2) is 6.39. The number of hydrogen-bond acceptors (Lipinski definition) is 4. The summed E-state index contributed by atoms with van der Waals surface area (Å²) in [5.74, 6) is -0.392. The maximum absolute atomic E-state index is 12.4. The number of carbonyl (C=O) groups is 1. The summed E-state index contributed by atoms with van der Waals surface area (Å²) in [6.45, 7) is 0.549. The van der Waals surface area contributed by atoms with E-state index in [0.29, 0.717) is 19.4 Å². The van der Waals surface area contributed by atoms with Gasteiger partial charge in [-0.25, -0.2) is 8.42 Å². The van der Waals surface area contributed by atoms with E-state index in [1.807, 2.05) is 0 Å². The van der Waals surface area contributed by atoms with Gasteiger partial charge in [0.25, 0.3) is 0 Å². The summed E-state index contributed by atoms with van der Waals surface area (Å²) in [5, 5.41) is 2.80. The molecule has 1 aliphatic rings. The number of ether oxygens (including phenoxy) is 1. The van der Waals surface area contributed by atoms with Crippen LogP contribution in [0.1, 0.15) is 12.8 Å². The van der Waals surface area contributed by atoms with Crippen molar-refractivity contribution in [2.75, 3.05) is 13.7 Å². The molecular formula is C12H14Cl2N2O4S. The average Bonchev–Trinajstić information content (AvgIpc) is 2.43. The molecule has 1 aliphatic heterocycles. The molecule has 0 aromatic heterocycles. The first-order valence-electron chi connectivity index (χ1n) is 6.19. The second-order valence-corrected chi connectivity index (χ2v) is 6.97. The Morgan fingerprint density at radius 2 is 2.10 bits per heavy atom. The van der Waals surface area contributed by atoms with Gasteiger partial charge in [-0.2, -0.15) is 4.72 Å². The largest absolute Gasteiger partial charge is 0.494 e. The highest BCUT2D eigenvalue weighted by molar-refractivity contribution is 7.89. The number of carbonyl (C=O) groups excluding carboxylic acids is 1. The highest BCUT2D eigenvalue weighted by Crippen LogP contribution is 2.37. The first kappa shape index (κ1) is 16.4. The number of hydrogen-bond donors (Lipinski definition) is 2. The van der Waals surface area contributed by atoms with E-state index < -0.39 is 16.1 Å². The molecule has 2 rings (SSSR count). The first-order chi connectivity index (χ1) is 9.86. The second-order valence-electron chi connectivity index (χ2n) is 4.50. The third kappa shape index (κ3) is 3.42. The van der Waals surface area contributed by atoms with E-state index in [4.69, 9.17) is 27.9 Å². The number of methoxy groups -OCH3 is 1. The zero-order valence-corrected chi connectivity index (χ0v) is 13.5. The predicted molar refractivity (Wildman–Crippen MR) is 79.4 cm³/mol. The average molecular weight is 353 g/mol. The monoisotopic (exact) mass is 352 g/mol. The third-order valence-corrected chi connectivity index (χ3v) is 5.37. The molecular weight excluding hydrogens is 339 g/mol. The fourth-order valence-electron chi connectivity index (χ4n) is 2.05. The lowest BCUT2D eigenvalue weighted by Crippen LogP contribution is -2.50. The molecule has 1 saturated heterocycles. The third-order valence-electron chi connectivity index (χ3n) is 3.09. The Bertz CT molecular complexity index is 663. The number of rotatable bonds is 4. The van der Waals surface area contributed by atoms with Crippen LogP contribution in [0, 0.1) is 0 Å². The maximum atomic E-state index is 12.4. The Morgan fingerprint density at radius 1 is 1.38 bits per heavy atom. The molecule has 9 heteroatoms. The molecule has 116 valence electrons. The lowest BCUT2D eigenvalue weighted by atomic mass is 10.1. The number of nitrogens with one attached hydrogen (secondary N) is 2. The van der Waals surface area contributed by atoms with E-state index in [1.54, 1.807) is 0 Å². The summed E-state index contributed by atoms with van der Waals surface area (Å²) in [4.78, 5) is 11.5. The van der Waals surface area contributed by atoms with Crippen LogP contribution in [-0.4, -0.2) is 34.0 Å². The first-order valence-corrected chi connectivity index (χ1v) is 8.42. The van der Waals surface area contributed by atoms with E-state index in [0.717, 1.165) is 0 Å².